The maximum absolute atomic E-state index is 5.93. The number of rotatable bonds is 3. The average Bonchev–Trinajstić information content (AvgIpc) is 2.73. The lowest BCUT2D eigenvalue weighted by Crippen LogP contribution is -2.14. The first-order valence-corrected chi connectivity index (χ1v) is 9.11. The molecule has 4 aromatic rings. The summed E-state index contributed by atoms with van der Waals surface area (Å²) in [6, 6.07) is 35.1. The molecule has 5 rings (SSSR count). The Balaban J connectivity index is 1.53. The van der Waals surface area contributed by atoms with E-state index < -0.39 is 0 Å². The summed E-state index contributed by atoms with van der Waals surface area (Å²) in [7, 11) is 0. The topological polar surface area (TPSA) is 11.9 Å². The number of hydrogen-bond donors (Lipinski definition) is 0. The summed E-state index contributed by atoms with van der Waals surface area (Å²) in [5.41, 5.74) is 2.62. The first kappa shape index (κ1) is 15.7. The fourth-order valence-corrected chi connectivity index (χ4v) is 3.54. The van der Waals surface area contributed by atoms with Crippen molar-refractivity contribution in [3.8, 4) is 28.7 Å². The van der Waals surface area contributed by atoms with E-state index in [-0.39, 0.29) is 0 Å². The van der Waals surface area contributed by atoms with Crippen molar-refractivity contribution in [1.82, 2.24) is 0 Å². The minimum atomic E-state index is 0.823. The highest BCUT2D eigenvalue weighted by Gasteiger charge is 2.30. The van der Waals surface area contributed by atoms with Crippen molar-refractivity contribution in [2.75, 3.05) is 0 Å². The summed E-state index contributed by atoms with van der Waals surface area (Å²) in [4.78, 5) is 0. The van der Waals surface area contributed by atoms with Crippen LogP contribution >= 0.6 is 0 Å². The second-order valence-electron chi connectivity index (χ2n) is 6.58. The van der Waals surface area contributed by atoms with Gasteiger partial charge in [0.15, 0.2) is 0 Å². The van der Waals surface area contributed by atoms with Gasteiger partial charge in [0.25, 0.3) is 17.2 Å². The molecule has 2 heteroatoms. The Morgan fingerprint density at radius 1 is 0.519 bits per heavy atom. The highest BCUT2D eigenvalue weighted by Crippen LogP contribution is 2.47. The molecule has 0 unspecified atom stereocenters. The fourth-order valence-electron chi connectivity index (χ4n) is 3.54. The van der Waals surface area contributed by atoms with Gasteiger partial charge in [-0.05, 0) is 36.4 Å². The highest BCUT2D eigenvalue weighted by atomic mass is 16.7. The molecule has 0 spiro atoms. The van der Waals surface area contributed by atoms with Crippen LogP contribution in [0.2, 0.25) is 0 Å². The van der Waals surface area contributed by atoms with Crippen LogP contribution in [0.4, 0.5) is 0 Å². The predicted molar refractivity (Wildman–Crippen MR) is 108 cm³/mol. The number of hydrogen-bond acceptors (Lipinski definition) is 1. The van der Waals surface area contributed by atoms with Crippen molar-refractivity contribution in [2.45, 2.75) is 6.42 Å². The van der Waals surface area contributed by atoms with E-state index in [9.17, 15) is 0 Å². The molecule has 130 valence electrons. The van der Waals surface area contributed by atoms with Gasteiger partial charge in [-0.2, -0.15) is 0 Å². The first-order valence-electron chi connectivity index (χ1n) is 9.11. The van der Waals surface area contributed by atoms with Crippen LogP contribution in [0.15, 0.2) is 103 Å². The molecule has 0 N–H and O–H groups in total. The summed E-state index contributed by atoms with van der Waals surface area (Å²) in [5.74, 6) is 5.03. The molecule has 1 aliphatic heterocycles. The first-order chi connectivity index (χ1) is 13.4. The predicted octanol–water partition coefficient (Wildman–Crippen LogP) is 7.12. The number of para-hydroxylation sites is 3. The molecule has 0 aliphatic carbocycles. The zero-order valence-corrected chi connectivity index (χ0v) is 14.8. The van der Waals surface area contributed by atoms with Crippen LogP contribution < -0.4 is 9.10 Å². The molecular weight excluding hydrogens is 332 g/mol. The zero-order chi connectivity index (χ0) is 18.1. The van der Waals surface area contributed by atoms with Crippen molar-refractivity contribution < 1.29 is 9.10 Å². The Kier molecular flexibility index (Phi) is 3.87. The van der Waals surface area contributed by atoms with Gasteiger partial charge < -0.3 is 9.10 Å². The fraction of sp³-hybridized carbons (Fsp3) is 0.0400. The lowest BCUT2D eigenvalue weighted by molar-refractivity contribution is 0.221. The van der Waals surface area contributed by atoms with E-state index in [4.69, 9.17) is 4.74 Å². The lowest BCUT2D eigenvalue weighted by Gasteiger charge is -2.29. The molecule has 0 aromatic heterocycles. The molecule has 1 aliphatic rings. The molecule has 0 saturated carbocycles. The van der Waals surface area contributed by atoms with Crippen molar-refractivity contribution in [2.24, 2.45) is 0 Å². The molecule has 4 aromatic carbocycles. The number of benzene rings is 4. The van der Waals surface area contributed by atoms with Crippen LogP contribution in [-0.4, -0.2) is 0 Å². The van der Waals surface area contributed by atoms with E-state index in [1.165, 1.54) is 11.1 Å². The average molecular weight is 351 g/mol. The van der Waals surface area contributed by atoms with Crippen LogP contribution in [0.25, 0.3) is 0 Å². The lowest BCUT2D eigenvalue weighted by atomic mass is 10.00. The van der Waals surface area contributed by atoms with E-state index >= 15 is 0 Å². The monoisotopic (exact) mass is 351 g/mol. The van der Waals surface area contributed by atoms with E-state index in [1.807, 2.05) is 42.5 Å². The molecule has 0 fully saturated rings. The van der Waals surface area contributed by atoms with Crippen LogP contribution in [0, 0.1) is 0 Å². The Bertz CT molecular complexity index is 1020. The van der Waals surface area contributed by atoms with E-state index in [0.29, 0.717) is 0 Å². The zero-order valence-electron chi connectivity index (χ0n) is 14.8. The second-order valence-corrected chi connectivity index (χ2v) is 6.58. The van der Waals surface area contributed by atoms with Crippen LogP contribution in [0.1, 0.15) is 11.1 Å². The summed E-state index contributed by atoms with van der Waals surface area (Å²) in [5, 5.41) is 0. The molecule has 0 amide bonds. The van der Waals surface area contributed by atoms with Crippen LogP contribution in [-0.2, 0) is 6.42 Å². The Morgan fingerprint density at radius 3 is 1.67 bits per heavy atom. The van der Waals surface area contributed by atoms with Crippen molar-refractivity contribution in [3.63, 3.8) is 0 Å². The largest absolute Gasteiger partial charge is 0.498 e. The highest BCUT2D eigenvalue weighted by molar-refractivity contribution is 5.55. The standard InChI is InChI=1S/C25H19O2/c1-2-10-21(11-3-1)26-22-14-16-23(17-15-22)27-24-12-6-4-8-19(24)18-20-9-5-7-13-25(20)27/h1-17H,18H2/q+1. The van der Waals surface area contributed by atoms with Crippen molar-refractivity contribution in [1.29, 1.82) is 0 Å². The second kappa shape index (κ2) is 6.65. The molecule has 0 bridgehead atoms. The van der Waals surface area contributed by atoms with Crippen molar-refractivity contribution >= 4 is 0 Å². The van der Waals surface area contributed by atoms with Gasteiger partial charge >= 0.3 is 0 Å². The molecule has 0 radical (unpaired) electrons. The van der Waals surface area contributed by atoms with Gasteiger partial charge in [-0.25, -0.2) is 0 Å². The number of ether oxygens (including phenoxy) is 1. The summed E-state index contributed by atoms with van der Waals surface area (Å²) >= 11 is 0. The van der Waals surface area contributed by atoms with Crippen LogP contribution in [0.5, 0.6) is 28.7 Å². The summed E-state index contributed by atoms with van der Waals surface area (Å²) < 4.78 is 9.30. The molecule has 0 saturated heterocycles. The molecular formula is C25H19O2+. The smallest absolute Gasteiger partial charge is 0.271 e. The Morgan fingerprint density at radius 2 is 1.04 bits per heavy atom. The quantitative estimate of drug-likeness (QED) is 0.315. The van der Waals surface area contributed by atoms with Gasteiger partial charge in [0.1, 0.15) is 11.5 Å². The van der Waals surface area contributed by atoms with E-state index in [1.54, 1.807) is 0 Å². The van der Waals surface area contributed by atoms with Gasteiger partial charge in [0.05, 0.1) is 11.1 Å². The Hall–Kier alpha value is -3.52. The van der Waals surface area contributed by atoms with Gasteiger partial charge in [-0.3, -0.25) is 0 Å². The molecule has 27 heavy (non-hydrogen) atoms. The molecule has 0 atom stereocenters. The SMILES string of the molecule is c1ccc(Oc2ccc([O+]3c4ccccc4Cc4ccccc43)cc2)cc1. The maximum Gasteiger partial charge on any atom is 0.271 e. The maximum atomic E-state index is 5.93. The normalized spacial score (nSPS) is 12.2. The van der Waals surface area contributed by atoms with E-state index in [2.05, 4.69) is 65.0 Å². The molecule has 2 nitrogen and oxygen atoms in total. The van der Waals surface area contributed by atoms with Gasteiger partial charge in [0, 0.05) is 30.7 Å². The van der Waals surface area contributed by atoms with Crippen molar-refractivity contribution in [3.05, 3.63) is 114 Å². The minimum absolute atomic E-state index is 0.823. The molecule has 1 heterocycles. The summed E-state index contributed by atoms with van der Waals surface area (Å²) in [6.45, 7) is 0. The van der Waals surface area contributed by atoms with Gasteiger partial charge in [-0.15, -0.1) is 0 Å². The number of fused-ring (bicyclic) bond motifs is 2. The van der Waals surface area contributed by atoms with Gasteiger partial charge in [0.2, 0.25) is 0 Å². The minimum Gasteiger partial charge on any atom is -0.498 e. The Labute approximate surface area is 159 Å². The third-order valence-electron chi connectivity index (χ3n) is 4.80. The van der Waals surface area contributed by atoms with Crippen LogP contribution in [0.3, 0.4) is 0 Å². The third kappa shape index (κ3) is 2.96. The third-order valence-corrected chi connectivity index (χ3v) is 4.80. The van der Waals surface area contributed by atoms with Gasteiger partial charge in [-0.1, -0.05) is 42.5 Å². The van der Waals surface area contributed by atoms with E-state index in [0.717, 1.165) is 35.2 Å². The summed E-state index contributed by atoms with van der Waals surface area (Å²) in [6.07, 6.45) is 0.949.